The lowest BCUT2D eigenvalue weighted by Gasteiger charge is -2.36. The second-order valence-corrected chi connectivity index (χ2v) is 5.58. The van der Waals surface area contributed by atoms with Crippen LogP contribution in [0.25, 0.3) is 0 Å². The number of carbonyl (C=O) groups is 1. The number of hydrogen-bond donors (Lipinski definition) is 1. The van der Waals surface area contributed by atoms with Crippen LogP contribution in [0.3, 0.4) is 0 Å². The first kappa shape index (κ1) is 12.8. The van der Waals surface area contributed by atoms with Crippen molar-refractivity contribution in [3.05, 3.63) is 0 Å². The van der Waals surface area contributed by atoms with Crippen molar-refractivity contribution in [2.75, 3.05) is 39.3 Å². The Morgan fingerprint density at radius 1 is 1.29 bits per heavy atom. The molecule has 2 heterocycles. The fourth-order valence-corrected chi connectivity index (χ4v) is 2.93. The van der Waals surface area contributed by atoms with Crippen LogP contribution >= 0.6 is 0 Å². The van der Waals surface area contributed by atoms with Crippen LogP contribution in [0.1, 0.15) is 26.2 Å². The minimum absolute atomic E-state index is 0.313. The number of hydrogen-bond acceptors (Lipinski definition) is 3. The smallest absolute Gasteiger partial charge is 0.236 e. The summed E-state index contributed by atoms with van der Waals surface area (Å²) in [5.74, 6) is 1.58. The number of nitrogens with zero attached hydrogens (tertiary/aromatic N) is 2. The van der Waals surface area contributed by atoms with Crippen LogP contribution in [-0.2, 0) is 4.79 Å². The van der Waals surface area contributed by atoms with Crippen molar-refractivity contribution in [2.24, 2.45) is 17.6 Å². The first-order chi connectivity index (χ1) is 8.20. The van der Waals surface area contributed by atoms with Crippen LogP contribution < -0.4 is 5.73 Å². The Hall–Kier alpha value is -0.610. The van der Waals surface area contributed by atoms with E-state index < -0.39 is 0 Å². The van der Waals surface area contributed by atoms with Gasteiger partial charge >= 0.3 is 0 Å². The summed E-state index contributed by atoms with van der Waals surface area (Å²) in [6.07, 6.45) is 3.53. The van der Waals surface area contributed by atoms with E-state index in [1.165, 1.54) is 19.3 Å². The standard InChI is InChI=1S/C13H25N3O/c1-11-4-7-15(9-12(11)8-14)10-13(17)16-5-2-3-6-16/h11-12H,2-10,14H2,1H3. The van der Waals surface area contributed by atoms with E-state index >= 15 is 0 Å². The average molecular weight is 239 g/mol. The largest absolute Gasteiger partial charge is 0.342 e. The predicted molar refractivity (Wildman–Crippen MR) is 68.6 cm³/mol. The molecule has 0 radical (unpaired) electrons. The Labute approximate surface area is 104 Å². The zero-order valence-corrected chi connectivity index (χ0v) is 10.9. The van der Waals surface area contributed by atoms with E-state index in [-0.39, 0.29) is 0 Å². The highest BCUT2D eigenvalue weighted by Crippen LogP contribution is 2.22. The molecule has 2 N–H and O–H groups in total. The van der Waals surface area contributed by atoms with Crippen molar-refractivity contribution >= 4 is 5.91 Å². The van der Waals surface area contributed by atoms with E-state index in [9.17, 15) is 4.79 Å². The molecule has 2 fully saturated rings. The van der Waals surface area contributed by atoms with Gasteiger partial charge < -0.3 is 10.6 Å². The molecule has 4 nitrogen and oxygen atoms in total. The van der Waals surface area contributed by atoms with Crippen molar-refractivity contribution in [2.45, 2.75) is 26.2 Å². The Morgan fingerprint density at radius 3 is 2.65 bits per heavy atom. The maximum absolute atomic E-state index is 12.0. The van der Waals surface area contributed by atoms with E-state index in [0.717, 1.165) is 32.7 Å². The summed E-state index contributed by atoms with van der Waals surface area (Å²) in [4.78, 5) is 16.3. The number of piperidine rings is 1. The van der Waals surface area contributed by atoms with E-state index in [1.54, 1.807) is 0 Å². The van der Waals surface area contributed by atoms with Gasteiger partial charge in [-0.25, -0.2) is 0 Å². The number of rotatable bonds is 3. The van der Waals surface area contributed by atoms with Crippen LogP contribution in [0, 0.1) is 11.8 Å². The van der Waals surface area contributed by atoms with E-state index in [0.29, 0.717) is 24.3 Å². The fourth-order valence-electron chi connectivity index (χ4n) is 2.93. The second-order valence-electron chi connectivity index (χ2n) is 5.58. The maximum atomic E-state index is 12.0. The van der Waals surface area contributed by atoms with Gasteiger partial charge in [0.1, 0.15) is 0 Å². The molecule has 2 atom stereocenters. The molecule has 0 aliphatic carbocycles. The first-order valence-corrected chi connectivity index (χ1v) is 6.91. The second kappa shape index (κ2) is 5.83. The molecule has 0 aromatic rings. The zero-order valence-electron chi connectivity index (χ0n) is 10.9. The summed E-state index contributed by atoms with van der Waals surface area (Å²) in [6.45, 7) is 7.59. The Bertz CT molecular complexity index is 263. The molecule has 2 aliphatic rings. The summed E-state index contributed by atoms with van der Waals surface area (Å²) >= 11 is 0. The van der Waals surface area contributed by atoms with Crippen molar-refractivity contribution in [3.63, 3.8) is 0 Å². The molecule has 98 valence electrons. The molecule has 1 amide bonds. The van der Waals surface area contributed by atoms with E-state index in [1.807, 2.05) is 4.90 Å². The monoisotopic (exact) mass is 239 g/mol. The lowest BCUT2D eigenvalue weighted by Crippen LogP contribution is -2.47. The summed E-state index contributed by atoms with van der Waals surface area (Å²) < 4.78 is 0. The third-order valence-corrected chi connectivity index (χ3v) is 4.32. The van der Waals surface area contributed by atoms with Crippen LogP contribution in [0.4, 0.5) is 0 Å². The molecule has 0 aromatic heterocycles. The highest BCUT2D eigenvalue weighted by Gasteiger charge is 2.27. The van der Waals surface area contributed by atoms with Crippen molar-refractivity contribution in [3.8, 4) is 0 Å². The topological polar surface area (TPSA) is 49.6 Å². The number of likely N-dealkylation sites (tertiary alicyclic amines) is 2. The van der Waals surface area contributed by atoms with Crippen LogP contribution in [0.15, 0.2) is 0 Å². The lowest BCUT2D eigenvalue weighted by atomic mass is 9.87. The van der Waals surface area contributed by atoms with Crippen LogP contribution in [0.5, 0.6) is 0 Å². The summed E-state index contributed by atoms with van der Waals surface area (Å²) in [7, 11) is 0. The van der Waals surface area contributed by atoms with Crippen molar-refractivity contribution in [1.29, 1.82) is 0 Å². The Kier molecular flexibility index (Phi) is 4.40. The van der Waals surface area contributed by atoms with Gasteiger partial charge in [0.25, 0.3) is 0 Å². The Balaban J connectivity index is 1.80. The van der Waals surface area contributed by atoms with Crippen molar-refractivity contribution < 1.29 is 4.79 Å². The molecule has 2 aliphatic heterocycles. The third kappa shape index (κ3) is 3.19. The van der Waals surface area contributed by atoms with E-state index in [2.05, 4.69) is 11.8 Å². The van der Waals surface area contributed by atoms with Crippen LogP contribution in [0.2, 0.25) is 0 Å². The number of amides is 1. The SMILES string of the molecule is CC1CCN(CC(=O)N2CCCC2)CC1CN. The van der Waals surface area contributed by atoms with Crippen LogP contribution in [-0.4, -0.2) is 55.0 Å². The molecule has 0 spiro atoms. The molecular formula is C13H25N3O. The molecule has 0 saturated carbocycles. The highest BCUT2D eigenvalue weighted by molar-refractivity contribution is 5.78. The highest BCUT2D eigenvalue weighted by atomic mass is 16.2. The first-order valence-electron chi connectivity index (χ1n) is 6.91. The molecular weight excluding hydrogens is 214 g/mol. The summed E-state index contributed by atoms with van der Waals surface area (Å²) in [5.41, 5.74) is 5.79. The minimum atomic E-state index is 0.313. The van der Waals surface area contributed by atoms with Gasteiger partial charge in [-0.05, 0) is 44.2 Å². The van der Waals surface area contributed by atoms with Gasteiger partial charge in [-0.3, -0.25) is 9.69 Å². The molecule has 2 saturated heterocycles. The minimum Gasteiger partial charge on any atom is -0.342 e. The quantitative estimate of drug-likeness (QED) is 0.781. The predicted octanol–water partition coefficient (Wildman–Crippen LogP) is 0.526. The fraction of sp³-hybridized carbons (Fsp3) is 0.923. The molecule has 17 heavy (non-hydrogen) atoms. The Morgan fingerprint density at radius 2 is 2.00 bits per heavy atom. The summed E-state index contributed by atoms with van der Waals surface area (Å²) in [5, 5.41) is 0. The third-order valence-electron chi connectivity index (χ3n) is 4.32. The van der Waals surface area contributed by atoms with Gasteiger partial charge in [-0.15, -0.1) is 0 Å². The molecule has 0 bridgehead atoms. The molecule has 2 unspecified atom stereocenters. The number of nitrogens with two attached hydrogens (primary N) is 1. The van der Waals surface area contributed by atoms with Gasteiger partial charge in [0.15, 0.2) is 0 Å². The van der Waals surface area contributed by atoms with E-state index in [4.69, 9.17) is 5.73 Å². The van der Waals surface area contributed by atoms with Gasteiger partial charge in [0.05, 0.1) is 6.54 Å². The van der Waals surface area contributed by atoms with Gasteiger partial charge in [0, 0.05) is 19.6 Å². The molecule has 4 heteroatoms. The maximum Gasteiger partial charge on any atom is 0.236 e. The van der Waals surface area contributed by atoms with Gasteiger partial charge in [-0.1, -0.05) is 6.92 Å². The normalized spacial score (nSPS) is 30.8. The molecule has 2 rings (SSSR count). The van der Waals surface area contributed by atoms with Gasteiger partial charge in [0.2, 0.25) is 5.91 Å². The van der Waals surface area contributed by atoms with Crippen molar-refractivity contribution in [1.82, 2.24) is 9.80 Å². The average Bonchev–Trinajstić information content (AvgIpc) is 2.85. The van der Waals surface area contributed by atoms with Gasteiger partial charge in [-0.2, -0.15) is 0 Å². The molecule has 0 aromatic carbocycles. The lowest BCUT2D eigenvalue weighted by molar-refractivity contribution is -0.131. The summed E-state index contributed by atoms with van der Waals surface area (Å²) in [6, 6.07) is 0. The zero-order chi connectivity index (χ0) is 12.3. The number of carbonyl (C=O) groups excluding carboxylic acids is 1.